The standard InChI is InChI=1S/C23H18O5/c1-12(2)19(24)28-23-15-10-6-4-8-13(15)17(14-9-5-7-11-16(14)23)18-20(25)27-21(26)22(18,23)3/h4-11,17-18H,1H2,2-3H3. The van der Waals surface area contributed by atoms with Crippen LogP contribution in [0.15, 0.2) is 60.7 Å². The summed E-state index contributed by atoms with van der Waals surface area (Å²) in [6.45, 7) is 6.93. The molecule has 1 saturated heterocycles. The van der Waals surface area contributed by atoms with Crippen LogP contribution in [0.1, 0.15) is 42.0 Å². The van der Waals surface area contributed by atoms with Gasteiger partial charge in [0.1, 0.15) is 5.41 Å². The van der Waals surface area contributed by atoms with E-state index in [1.807, 2.05) is 48.5 Å². The molecule has 2 bridgehead atoms. The SMILES string of the molecule is C=C(C)C(=O)OC12c3ccccc3C(c3ccccc31)C1C(=O)OC(=O)C12C. The number of hydrogen-bond acceptors (Lipinski definition) is 5. The molecule has 0 aromatic heterocycles. The van der Waals surface area contributed by atoms with Gasteiger partial charge in [0.05, 0.1) is 5.92 Å². The third kappa shape index (κ3) is 1.66. The van der Waals surface area contributed by atoms with E-state index in [1.54, 1.807) is 13.8 Å². The normalized spacial score (nSPS) is 31.5. The van der Waals surface area contributed by atoms with Crippen molar-refractivity contribution in [2.75, 3.05) is 0 Å². The summed E-state index contributed by atoms with van der Waals surface area (Å²) in [4.78, 5) is 38.6. The average Bonchev–Trinajstić information content (AvgIpc) is 2.92. The lowest BCUT2D eigenvalue weighted by Crippen LogP contribution is -2.62. The molecule has 2 unspecified atom stereocenters. The molecule has 0 N–H and O–H groups in total. The summed E-state index contributed by atoms with van der Waals surface area (Å²) in [7, 11) is 0. The molecule has 2 atom stereocenters. The number of cyclic esters (lactones) is 2. The molecule has 1 heterocycles. The van der Waals surface area contributed by atoms with Crippen LogP contribution in [0.2, 0.25) is 0 Å². The van der Waals surface area contributed by atoms with E-state index in [0.717, 1.165) is 22.3 Å². The van der Waals surface area contributed by atoms with Gasteiger partial charge in [0.15, 0.2) is 5.60 Å². The first-order valence-electron chi connectivity index (χ1n) is 9.18. The predicted molar refractivity (Wildman–Crippen MR) is 99.1 cm³/mol. The Bertz CT molecular complexity index is 1050. The van der Waals surface area contributed by atoms with Gasteiger partial charge in [-0.2, -0.15) is 0 Å². The summed E-state index contributed by atoms with van der Waals surface area (Å²) in [6, 6.07) is 15.0. The first-order chi connectivity index (χ1) is 13.3. The molecular formula is C23H18O5. The molecule has 0 amide bonds. The van der Waals surface area contributed by atoms with E-state index < -0.39 is 34.8 Å². The van der Waals surface area contributed by atoms with Crippen LogP contribution < -0.4 is 0 Å². The monoisotopic (exact) mass is 374 g/mol. The highest BCUT2D eigenvalue weighted by Crippen LogP contribution is 2.69. The molecule has 0 spiro atoms. The molecule has 5 heteroatoms. The minimum atomic E-state index is -1.46. The first kappa shape index (κ1) is 16.9. The van der Waals surface area contributed by atoms with Gasteiger partial charge in [0.25, 0.3) is 0 Å². The summed E-state index contributed by atoms with van der Waals surface area (Å²) in [5, 5.41) is 0. The van der Waals surface area contributed by atoms with E-state index in [2.05, 4.69) is 6.58 Å². The van der Waals surface area contributed by atoms with Crippen LogP contribution >= 0.6 is 0 Å². The van der Waals surface area contributed by atoms with E-state index in [0.29, 0.717) is 0 Å². The Balaban J connectivity index is 1.94. The Morgan fingerprint density at radius 1 is 1.04 bits per heavy atom. The second-order valence-electron chi connectivity index (χ2n) is 7.89. The Hall–Kier alpha value is -3.21. The van der Waals surface area contributed by atoms with Gasteiger partial charge >= 0.3 is 17.9 Å². The fourth-order valence-electron chi connectivity index (χ4n) is 5.31. The topological polar surface area (TPSA) is 69.7 Å². The zero-order valence-electron chi connectivity index (χ0n) is 15.5. The van der Waals surface area contributed by atoms with Crippen molar-refractivity contribution >= 4 is 17.9 Å². The second kappa shape index (κ2) is 5.19. The minimum Gasteiger partial charge on any atom is -0.445 e. The molecule has 0 saturated carbocycles. The summed E-state index contributed by atoms with van der Waals surface area (Å²) < 4.78 is 11.3. The summed E-state index contributed by atoms with van der Waals surface area (Å²) >= 11 is 0. The summed E-state index contributed by atoms with van der Waals surface area (Å²) in [6.07, 6.45) is 0. The van der Waals surface area contributed by atoms with Crippen LogP contribution in [0.5, 0.6) is 0 Å². The number of rotatable bonds is 2. The van der Waals surface area contributed by atoms with Gasteiger partial charge in [0.2, 0.25) is 0 Å². The number of esters is 3. The van der Waals surface area contributed by atoms with Crippen molar-refractivity contribution in [3.05, 3.63) is 82.9 Å². The van der Waals surface area contributed by atoms with E-state index in [1.165, 1.54) is 0 Å². The fraction of sp³-hybridized carbons (Fsp3) is 0.261. The smallest absolute Gasteiger partial charge is 0.334 e. The molecule has 5 nitrogen and oxygen atoms in total. The maximum atomic E-state index is 13.0. The third-order valence-electron chi connectivity index (χ3n) is 6.50. The van der Waals surface area contributed by atoms with Crippen LogP contribution in [0.4, 0.5) is 0 Å². The molecule has 1 fully saturated rings. The van der Waals surface area contributed by atoms with Crippen LogP contribution in [0, 0.1) is 11.3 Å². The second-order valence-corrected chi connectivity index (χ2v) is 7.89. The number of ether oxygens (including phenoxy) is 2. The number of hydrogen-bond donors (Lipinski definition) is 0. The lowest BCUT2D eigenvalue weighted by molar-refractivity contribution is -0.182. The molecule has 1 aliphatic heterocycles. The fourth-order valence-corrected chi connectivity index (χ4v) is 5.31. The largest absolute Gasteiger partial charge is 0.445 e. The highest BCUT2D eigenvalue weighted by Gasteiger charge is 2.77. The first-order valence-corrected chi connectivity index (χ1v) is 9.18. The van der Waals surface area contributed by atoms with Crippen LogP contribution in [0.25, 0.3) is 0 Å². The maximum absolute atomic E-state index is 13.0. The molecule has 28 heavy (non-hydrogen) atoms. The van der Waals surface area contributed by atoms with Gasteiger partial charge in [-0.25, -0.2) is 4.79 Å². The van der Waals surface area contributed by atoms with Crippen molar-refractivity contribution in [1.29, 1.82) is 0 Å². The summed E-state index contributed by atoms with van der Waals surface area (Å²) in [5.74, 6) is -2.94. The molecule has 0 radical (unpaired) electrons. The zero-order valence-corrected chi connectivity index (χ0v) is 15.5. The minimum absolute atomic E-state index is 0.217. The predicted octanol–water partition coefficient (Wildman–Crippen LogP) is 3.21. The molecule has 4 aliphatic rings. The average molecular weight is 374 g/mol. The third-order valence-corrected chi connectivity index (χ3v) is 6.50. The Morgan fingerprint density at radius 2 is 1.57 bits per heavy atom. The Kier molecular flexibility index (Phi) is 3.14. The van der Waals surface area contributed by atoms with Gasteiger partial charge in [-0.1, -0.05) is 55.1 Å². The molecule has 2 aromatic carbocycles. The number of carbonyl (C=O) groups excluding carboxylic acids is 3. The van der Waals surface area contributed by atoms with Crippen LogP contribution in [0.3, 0.4) is 0 Å². The van der Waals surface area contributed by atoms with Crippen molar-refractivity contribution in [2.24, 2.45) is 11.3 Å². The van der Waals surface area contributed by atoms with Crippen LogP contribution in [-0.4, -0.2) is 17.9 Å². The highest BCUT2D eigenvalue weighted by atomic mass is 16.6. The van der Waals surface area contributed by atoms with Crippen LogP contribution in [-0.2, 0) is 29.5 Å². The van der Waals surface area contributed by atoms with E-state index in [9.17, 15) is 14.4 Å². The van der Waals surface area contributed by atoms with Gasteiger partial charge in [0, 0.05) is 22.6 Å². The van der Waals surface area contributed by atoms with Crippen molar-refractivity contribution < 1.29 is 23.9 Å². The van der Waals surface area contributed by atoms with Crippen molar-refractivity contribution in [3.63, 3.8) is 0 Å². The lowest BCUT2D eigenvalue weighted by Gasteiger charge is -2.57. The molecular weight excluding hydrogens is 356 g/mol. The van der Waals surface area contributed by atoms with Gasteiger partial charge in [-0.3, -0.25) is 9.59 Å². The van der Waals surface area contributed by atoms with Crippen molar-refractivity contribution in [3.8, 4) is 0 Å². The Labute approximate surface area is 162 Å². The van der Waals surface area contributed by atoms with Gasteiger partial charge in [-0.15, -0.1) is 0 Å². The van der Waals surface area contributed by atoms with E-state index in [4.69, 9.17) is 9.47 Å². The van der Waals surface area contributed by atoms with Gasteiger partial charge < -0.3 is 9.47 Å². The van der Waals surface area contributed by atoms with Crippen molar-refractivity contribution in [1.82, 2.24) is 0 Å². The lowest BCUT2D eigenvalue weighted by atomic mass is 9.46. The zero-order chi connectivity index (χ0) is 19.8. The highest BCUT2D eigenvalue weighted by molar-refractivity contribution is 6.03. The van der Waals surface area contributed by atoms with E-state index in [-0.39, 0.29) is 11.5 Å². The van der Waals surface area contributed by atoms with E-state index >= 15 is 0 Å². The van der Waals surface area contributed by atoms with Gasteiger partial charge in [-0.05, 0) is 25.0 Å². The maximum Gasteiger partial charge on any atom is 0.334 e. The summed E-state index contributed by atoms with van der Waals surface area (Å²) in [5.41, 5.74) is 0.600. The number of carbonyl (C=O) groups is 3. The quantitative estimate of drug-likeness (QED) is 0.459. The number of benzene rings is 2. The van der Waals surface area contributed by atoms with Crippen molar-refractivity contribution in [2.45, 2.75) is 25.4 Å². The molecule has 6 rings (SSSR count). The Morgan fingerprint density at radius 3 is 2.11 bits per heavy atom. The molecule has 140 valence electrons. The molecule has 2 aromatic rings. The molecule has 3 aliphatic carbocycles.